The molecule has 0 N–H and O–H groups in total. The lowest BCUT2D eigenvalue weighted by molar-refractivity contribution is -0.0512. The van der Waals surface area contributed by atoms with Crippen LogP contribution in [-0.2, 0) is 13.0 Å². The number of aromatic nitrogens is 2. The van der Waals surface area contributed by atoms with Gasteiger partial charge in [-0.25, -0.2) is 4.68 Å². The third-order valence-corrected chi connectivity index (χ3v) is 4.92. The molecule has 0 spiro atoms. The first-order valence-corrected chi connectivity index (χ1v) is 9.85. The number of hydrogen-bond donors (Lipinski definition) is 0. The quantitative estimate of drug-likeness (QED) is 0.524. The van der Waals surface area contributed by atoms with E-state index >= 15 is 0 Å². The topological polar surface area (TPSA) is 56.6 Å². The van der Waals surface area contributed by atoms with Gasteiger partial charge in [-0.2, -0.15) is 13.9 Å². The van der Waals surface area contributed by atoms with Crippen molar-refractivity contribution < 1.29 is 23.0 Å². The minimum Gasteiger partial charge on any atom is -0.493 e. The van der Waals surface area contributed by atoms with Crippen molar-refractivity contribution in [2.24, 2.45) is 0 Å². The van der Waals surface area contributed by atoms with Gasteiger partial charge < -0.3 is 14.4 Å². The number of hydrogen-bond acceptors (Lipinski definition) is 4. The highest BCUT2D eigenvalue weighted by molar-refractivity contribution is 5.95. The maximum absolute atomic E-state index is 13.1. The molecule has 0 atom stereocenters. The van der Waals surface area contributed by atoms with Gasteiger partial charge in [-0.3, -0.25) is 4.79 Å². The van der Waals surface area contributed by atoms with Gasteiger partial charge in [-0.05, 0) is 43.2 Å². The summed E-state index contributed by atoms with van der Waals surface area (Å²) in [4.78, 5) is 14.7. The third-order valence-electron chi connectivity index (χ3n) is 4.92. The van der Waals surface area contributed by atoms with Crippen LogP contribution in [0, 0.1) is 6.92 Å². The Hall–Kier alpha value is -3.42. The number of halogens is 2. The van der Waals surface area contributed by atoms with Crippen LogP contribution in [0.2, 0.25) is 0 Å². The zero-order chi connectivity index (χ0) is 22.5. The lowest BCUT2D eigenvalue weighted by Crippen LogP contribution is -2.27. The standard InChI is InChI=1S/C23H25F2N3O3/c1-5-19-18(13-26-28(19)17-9-6-15(2)7-10-17)22(29)27(3)14-16-8-11-20(31-23(24)25)21(12-16)30-4/h6-13,23H,5,14H2,1-4H3. The summed E-state index contributed by atoms with van der Waals surface area (Å²) in [6.45, 7) is 1.31. The molecule has 0 fully saturated rings. The van der Waals surface area contributed by atoms with Gasteiger partial charge >= 0.3 is 6.61 Å². The van der Waals surface area contributed by atoms with E-state index in [9.17, 15) is 13.6 Å². The van der Waals surface area contributed by atoms with Crippen molar-refractivity contribution in [1.29, 1.82) is 0 Å². The minimum absolute atomic E-state index is 0.0529. The average Bonchev–Trinajstić information content (AvgIpc) is 3.18. The Kier molecular flexibility index (Phi) is 6.89. The number of alkyl halides is 2. The second kappa shape index (κ2) is 9.59. The van der Waals surface area contributed by atoms with Crippen LogP contribution in [0.4, 0.5) is 8.78 Å². The van der Waals surface area contributed by atoms with Crippen LogP contribution in [0.1, 0.15) is 34.1 Å². The zero-order valence-corrected chi connectivity index (χ0v) is 17.9. The monoisotopic (exact) mass is 429 g/mol. The summed E-state index contributed by atoms with van der Waals surface area (Å²) >= 11 is 0. The minimum atomic E-state index is -2.94. The lowest BCUT2D eigenvalue weighted by atomic mass is 10.1. The molecular weight excluding hydrogens is 404 g/mol. The van der Waals surface area contributed by atoms with Crippen molar-refractivity contribution in [1.82, 2.24) is 14.7 Å². The third kappa shape index (κ3) is 5.02. The normalized spacial score (nSPS) is 10.9. The van der Waals surface area contributed by atoms with Gasteiger partial charge in [0.05, 0.1) is 30.3 Å². The first-order chi connectivity index (χ1) is 14.8. The van der Waals surface area contributed by atoms with Crippen LogP contribution < -0.4 is 9.47 Å². The molecule has 3 aromatic rings. The Morgan fingerprint density at radius 1 is 1.16 bits per heavy atom. The van der Waals surface area contributed by atoms with E-state index in [0.717, 1.165) is 22.5 Å². The van der Waals surface area contributed by atoms with Crippen LogP contribution in [-0.4, -0.2) is 41.4 Å². The molecule has 1 aromatic heterocycles. The van der Waals surface area contributed by atoms with Crippen LogP contribution in [0.15, 0.2) is 48.7 Å². The summed E-state index contributed by atoms with van der Waals surface area (Å²) in [6.07, 6.45) is 2.22. The zero-order valence-electron chi connectivity index (χ0n) is 17.9. The molecule has 8 heteroatoms. The summed E-state index contributed by atoms with van der Waals surface area (Å²) in [5, 5.41) is 4.43. The molecule has 164 valence electrons. The molecule has 31 heavy (non-hydrogen) atoms. The fourth-order valence-electron chi connectivity index (χ4n) is 3.36. The predicted octanol–water partition coefficient (Wildman–Crippen LogP) is 4.63. The van der Waals surface area contributed by atoms with Crippen LogP contribution in [0.3, 0.4) is 0 Å². The van der Waals surface area contributed by atoms with Gasteiger partial charge in [0.2, 0.25) is 0 Å². The molecule has 3 rings (SSSR count). The number of amides is 1. The molecule has 0 aliphatic carbocycles. The molecule has 0 saturated carbocycles. The Balaban J connectivity index is 1.81. The fourth-order valence-corrected chi connectivity index (χ4v) is 3.36. The highest BCUT2D eigenvalue weighted by Crippen LogP contribution is 2.30. The molecule has 1 amide bonds. The lowest BCUT2D eigenvalue weighted by Gasteiger charge is -2.19. The molecule has 0 bridgehead atoms. The summed E-state index contributed by atoms with van der Waals surface area (Å²) in [6, 6.07) is 12.5. The van der Waals surface area contributed by atoms with E-state index < -0.39 is 6.61 Å². The summed E-state index contributed by atoms with van der Waals surface area (Å²) in [5.41, 5.74) is 4.10. The maximum atomic E-state index is 13.1. The van der Waals surface area contributed by atoms with Gasteiger partial charge in [0.15, 0.2) is 11.5 Å². The predicted molar refractivity (Wildman–Crippen MR) is 113 cm³/mol. The van der Waals surface area contributed by atoms with Gasteiger partial charge in [0.1, 0.15) is 0 Å². The van der Waals surface area contributed by atoms with Crippen molar-refractivity contribution in [3.63, 3.8) is 0 Å². The van der Waals surface area contributed by atoms with Gasteiger partial charge in [0.25, 0.3) is 5.91 Å². The van der Waals surface area contributed by atoms with E-state index in [4.69, 9.17) is 4.74 Å². The second-order valence-electron chi connectivity index (χ2n) is 7.13. The Bertz CT molecular complexity index is 1050. The van der Waals surface area contributed by atoms with Gasteiger partial charge in [0, 0.05) is 13.6 Å². The van der Waals surface area contributed by atoms with Crippen molar-refractivity contribution in [2.75, 3.05) is 14.2 Å². The number of benzene rings is 2. The van der Waals surface area contributed by atoms with Crippen LogP contribution >= 0.6 is 0 Å². The van der Waals surface area contributed by atoms with Crippen LogP contribution in [0.25, 0.3) is 5.69 Å². The van der Waals surface area contributed by atoms with Crippen LogP contribution in [0.5, 0.6) is 11.5 Å². The van der Waals surface area contributed by atoms with Crippen molar-refractivity contribution in [2.45, 2.75) is 33.4 Å². The molecule has 2 aromatic carbocycles. The van der Waals surface area contributed by atoms with E-state index in [1.807, 2.05) is 38.1 Å². The Labute approximate surface area is 180 Å². The Morgan fingerprint density at radius 3 is 2.48 bits per heavy atom. The number of methoxy groups -OCH3 is 1. The highest BCUT2D eigenvalue weighted by atomic mass is 19.3. The molecule has 0 radical (unpaired) electrons. The van der Waals surface area contributed by atoms with Crippen molar-refractivity contribution in [3.8, 4) is 17.2 Å². The smallest absolute Gasteiger partial charge is 0.387 e. The number of nitrogens with zero attached hydrogens (tertiary/aromatic N) is 3. The summed E-state index contributed by atoms with van der Waals surface area (Å²) in [5.74, 6) is -0.0509. The van der Waals surface area contributed by atoms with E-state index in [1.54, 1.807) is 35.0 Å². The average molecular weight is 429 g/mol. The first-order valence-electron chi connectivity index (χ1n) is 9.85. The van der Waals surface area contributed by atoms with E-state index in [-0.39, 0.29) is 24.0 Å². The SMILES string of the molecule is CCc1c(C(=O)N(C)Cc2ccc(OC(F)F)c(OC)c2)cnn1-c1ccc(C)cc1. The largest absolute Gasteiger partial charge is 0.493 e. The fraction of sp³-hybridized carbons (Fsp3) is 0.304. The summed E-state index contributed by atoms with van der Waals surface area (Å²) < 4.78 is 36.4. The first kappa shape index (κ1) is 22.3. The molecule has 0 aliphatic rings. The Morgan fingerprint density at radius 2 is 1.87 bits per heavy atom. The van der Waals surface area contributed by atoms with E-state index in [0.29, 0.717) is 12.0 Å². The highest BCUT2D eigenvalue weighted by Gasteiger charge is 2.21. The molecule has 1 heterocycles. The van der Waals surface area contributed by atoms with E-state index in [1.165, 1.54) is 13.2 Å². The van der Waals surface area contributed by atoms with Crippen molar-refractivity contribution in [3.05, 3.63) is 71.0 Å². The van der Waals surface area contributed by atoms with Crippen molar-refractivity contribution >= 4 is 5.91 Å². The number of carbonyl (C=O) groups is 1. The number of ether oxygens (including phenoxy) is 2. The summed E-state index contributed by atoms with van der Waals surface area (Å²) in [7, 11) is 3.06. The maximum Gasteiger partial charge on any atom is 0.387 e. The number of rotatable bonds is 8. The molecular formula is C23H25F2N3O3. The molecule has 0 aliphatic heterocycles. The molecule has 6 nitrogen and oxygen atoms in total. The second-order valence-corrected chi connectivity index (χ2v) is 7.13. The van der Waals surface area contributed by atoms with Gasteiger partial charge in [-0.15, -0.1) is 0 Å². The van der Waals surface area contributed by atoms with Gasteiger partial charge in [-0.1, -0.05) is 30.7 Å². The molecule has 0 saturated heterocycles. The number of aryl methyl sites for hydroxylation is 1. The molecule has 0 unspecified atom stereocenters. The number of carbonyl (C=O) groups excluding carboxylic acids is 1. The van der Waals surface area contributed by atoms with E-state index in [2.05, 4.69) is 9.84 Å².